The van der Waals surface area contributed by atoms with Crippen molar-refractivity contribution in [3.8, 4) is 5.75 Å². The van der Waals surface area contributed by atoms with E-state index < -0.39 is 18.0 Å². The second-order valence-electron chi connectivity index (χ2n) is 5.78. The number of rotatable bonds is 8. The zero-order valence-corrected chi connectivity index (χ0v) is 14.3. The van der Waals surface area contributed by atoms with E-state index in [1.54, 1.807) is 13.2 Å². The molecule has 2 aromatic carbocycles. The van der Waals surface area contributed by atoms with Crippen LogP contribution in [0.3, 0.4) is 0 Å². The fraction of sp³-hybridized carbons (Fsp3) is 0.250. The topological polar surface area (TPSA) is 58.6 Å². The van der Waals surface area contributed by atoms with Gasteiger partial charge in [-0.25, -0.2) is 0 Å². The van der Waals surface area contributed by atoms with E-state index >= 15 is 0 Å². The van der Waals surface area contributed by atoms with E-state index in [9.17, 15) is 9.90 Å². The molecule has 2 aromatic rings. The van der Waals surface area contributed by atoms with Gasteiger partial charge in [0.25, 0.3) is 0 Å². The molecule has 0 fully saturated rings. The molecule has 5 heteroatoms. The standard InChI is InChI=1S/C20H22BNO3/c1-25-17-12-10-15(11-13-17)8-5-9-19(23)18(22-20(21)24)14-16-6-3-2-4-7-16/h2-7,9-13,18-19,23H,8,14H2,1H3,(H,22,24)/t18-,19-/m1/s1. The van der Waals surface area contributed by atoms with E-state index in [-0.39, 0.29) is 0 Å². The predicted octanol–water partition coefficient (Wildman–Crippen LogP) is 2.64. The Kier molecular flexibility index (Phi) is 7.29. The quantitative estimate of drug-likeness (QED) is 0.576. The van der Waals surface area contributed by atoms with Crippen LogP contribution in [0.5, 0.6) is 5.75 Å². The van der Waals surface area contributed by atoms with Crippen LogP contribution in [0.15, 0.2) is 66.7 Å². The Hall–Kier alpha value is -2.53. The molecule has 0 aliphatic carbocycles. The van der Waals surface area contributed by atoms with Crippen LogP contribution < -0.4 is 10.1 Å². The van der Waals surface area contributed by atoms with Crippen LogP contribution in [0.2, 0.25) is 0 Å². The molecule has 2 N–H and O–H groups in total. The molecule has 0 bridgehead atoms. The summed E-state index contributed by atoms with van der Waals surface area (Å²) in [5.74, 6) is 0.157. The van der Waals surface area contributed by atoms with Gasteiger partial charge in [0.1, 0.15) is 5.75 Å². The average Bonchev–Trinajstić information content (AvgIpc) is 2.62. The van der Waals surface area contributed by atoms with Crippen LogP contribution >= 0.6 is 0 Å². The van der Waals surface area contributed by atoms with Crippen LogP contribution in [0.1, 0.15) is 11.1 Å². The molecule has 0 saturated carbocycles. The fourth-order valence-corrected chi connectivity index (χ4v) is 2.55. The van der Waals surface area contributed by atoms with Gasteiger partial charge in [-0.1, -0.05) is 54.6 Å². The van der Waals surface area contributed by atoms with Gasteiger partial charge in [-0.2, -0.15) is 0 Å². The summed E-state index contributed by atoms with van der Waals surface area (Å²) in [5.41, 5.74) is 2.12. The minimum Gasteiger partial charge on any atom is -0.497 e. The van der Waals surface area contributed by atoms with E-state index in [2.05, 4.69) is 5.32 Å². The molecule has 0 aromatic heterocycles. The molecule has 128 valence electrons. The number of amides is 1. The van der Waals surface area contributed by atoms with Crippen molar-refractivity contribution in [3.63, 3.8) is 0 Å². The molecule has 2 radical (unpaired) electrons. The molecule has 2 rings (SSSR count). The van der Waals surface area contributed by atoms with Gasteiger partial charge in [-0.15, -0.1) is 0 Å². The first-order valence-corrected chi connectivity index (χ1v) is 8.16. The minimum atomic E-state index is -0.828. The van der Waals surface area contributed by atoms with E-state index in [1.165, 1.54) is 0 Å². The number of carbonyl (C=O) groups is 1. The van der Waals surface area contributed by atoms with Gasteiger partial charge in [0.05, 0.1) is 19.3 Å². The number of ether oxygens (including phenoxy) is 1. The van der Waals surface area contributed by atoms with Crippen LogP contribution in [0.4, 0.5) is 4.79 Å². The molecule has 25 heavy (non-hydrogen) atoms. The minimum absolute atomic E-state index is 0.480. The van der Waals surface area contributed by atoms with Crippen LogP contribution in [0.25, 0.3) is 0 Å². The first-order valence-electron chi connectivity index (χ1n) is 8.16. The monoisotopic (exact) mass is 335 g/mol. The summed E-state index contributed by atoms with van der Waals surface area (Å²) in [5, 5.41) is 13.0. The largest absolute Gasteiger partial charge is 0.497 e. The Balaban J connectivity index is 1.97. The molecule has 0 aliphatic heterocycles. The number of aliphatic hydroxyl groups excluding tert-OH is 1. The van der Waals surface area contributed by atoms with Gasteiger partial charge in [-0.3, -0.25) is 4.79 Å². The summed E-state index contributed by atoms with van der Waals surface area (Å²) in [6, 6.07) is 16.9. The van der Waals surface area contributed by atoms with Crippen molar-refractivity contribution < 1.29 is 14.6 Å². The Bertz CT molecular complexity index is 686. The van der Waals surface area contributed by atoms with Crippen LogP contribution in [-0.2, 0) is 12.8 Å². The molecule has 0 aliphatic rings. The first kappa shape index (κ1) is 18.8. The number of methoxy groups -OCH3 is 1. The summed E-state index contributed by atoms with van der Waals surface area (Å²) >= 11 is 0. The summed E-state index contributed by atoms with van der Waals surface area (Å²) in [6.45, 7) is 0. The van der Waals surface area contributed by atoms with Gasteiger partial charge >= 0.3 is 0 Å². The lowest BCUT2D eigenvalue weighted by Gasteiger charge is -2.22. The highest BCUT2D eigenvalue weighted by atomic mass is 16.5. The third-order valence-corrected chi connectivity index (χ3v) is 3.88. The summed E-state index contributed by atoms with van der Waals surface area (Å²) in [4.78, 5) is 11.2. The molecular formula is C20H22BNO3. The zero-order chi connectivity index (χ0) is 18.1. The third-order valence-electron chi connectivity index (χ3n) is 3.88. The molecule has 0 unspecified atom stereocenters. The lowest BCUT2D eigenvalue weighted by molar-refractivity contribution is 0.173. The van der Waals surface area contributed by atoms with Crippen molar-refractivity contribution in [1.29, 1.82) is 0 Å². The van der Waals surface area contributed by atoms with E-state index in [0.29, 0.717) is 12.8 Å². The van der Waals surface area contributed by atoms with E-state index in [0.717, 1.165) is 16.9 Å². The molecule has 4 nitrogen and oxygen atoms in total. The van der Waals surface area contributed by atoms with Crippen LogP contribution in [-0.4, -0.2) is 38.0 Å². The highest BCUT2D eigenvalue weighted by Crippen LogP contribution is 2.12. The summed E-state index contributed by atoms with van der Waals surface area (Å²) < 4.78 is 5.13. The molecule has 0 saturated heterocycles. The maximum absolute atomic E-state index is 11.2. The number of allylic oxidation sites excluding steroid dienone is 1. The second-order valence-corrected chi connectivity index (χ2v) is 5.78. The van der Waals surface area contributed by atoms with E-state index in [4.69, 9.17) is 12.6 Å². The summed E-state index contributed by atoms with van der Waals surface area (Å²) in [7, 11) is 6.86. The van der Waals surface area contributed by atoms with Gasteiger partial charge in [0, 0.05) is 0 Å². The van der Waals surface area contributed by atoms with Crippen molar-refractivity contribution >= 4 is 13.7 Å². The first-order chi connectivity index (χ1) is 12.1. The predicted molar refractivity (Wildman–Crippen MR) is 100 cm³/mol. The zero-order valence-electron chi connectivity index (χ0n) is 14.3. The normalized spacial score (nSPS) is 13.4. The maximum atomic E-state index is 11.2. The molecule has 0 spiro atoms. The third kappa shape index (κ3) is 6.47. The second kappa shape index (κ2) is 9.69. The van der Waals surface area contributed by atoms with Crippen LogP contribution in [0, 0.1) is 0 Å². The molecule has 1 amide bonds. The Morgan fingerprint density at radius 3 is 2.44 bits per heavy atom. The van der Waals surface area contributed by atoms with Gasteiger partial charge in [0.15, 0.2) is 5.81 Å². The molecule has 2 atom stereocenters. The highest BCUT2D eigenvalue weighted by Gasteiger charge is 2.17. The average molecular weight is 335 g/mol. The fourth-order valence-electron chi connectivity index (χ4n) is 2.55. The molecular weight excluding hydrogens is 313 g/mol. The lowest BCUT2D eigenvalue weighted by Crippen LogP contribution is -2.43. The van der Waals surface area contributed by atoms with Crippen molar-refractivity contribution in [1.82, 2.24) is 5.32 Å². The number of carbonyl (C=O) groups excluding carboxylic acids is 1. The number of hydrogen-bond acceptors (Lipinski definition) is 3. The van der Waals surface area contributed by atoms with Crippen molar-refractivity contribution in [2.24, 2.45) is 0 Å². The van der Waals surface area contributed by atoms with Crippen molar-refractivity contribution in [2.45, 2.75) is 25.0 Å². The Morgan fingerprint density at radius 2 is 1.84 bits per heavy atom. The Morgan fingerprint density at radius 1 is 1.16 bits per heavy atom. The number of benzene rings is 2. The van der Waals surface area contributed by atoms with Gasteiger partial charge in [0.2, 0.25) is 7.85 Å². The van der Waals surface area contributed by atoms with Crippen molar-refractivity contribution in [2.75, 3.05) is 7.11 Å². The highest BCUT2D eigenvalue weighted by molar-refractivity contribution is 6.57. The summed E-state index contributed by atoms with van der Waals surface area (Å²) in [6.07, 6.45) is 3.92. The molecule has 0 heterocycles. The van der Waals surface area contributed by atoms with Gasteiger partial charge in [-0.05, 0) is 36.1 Å². The smallest absolute Gasteiger partial charge is 0.200 e. The lowest BCUT2D eigenvalue weighted by atomic mass is 9.98. The van der Waals surface area contributed by atoms with E-state index in [1.807, 2.05) is 60.7 Å². The number of aliphatic hydroxyl groups is 1. The number of hydrogen-bond donors (Lipinski definition) is 2. The number of nitrogens with one attached hydrogen (secondary N) is 1. The maximum Gasteiger partial charge on any atom is 0.200 e. The Labute approximate surface area is 149 Å². The van der Waals surface area contributed by atoms with Crippen molar-refractivity contribution in [3.05, 3.63) is 77.9 Å². The van der Waals surface area contributed by atoms with Gasteiger partial charge < -0.3 is 15.2 Å². The SMILES string of the molecule is [B]C(=O)N[C@H](Cc1ccccc1)[C@H](O)C=CCc1ccc(OC)cc1.